The molecule has 2 heteroatoms. The van der Waals surface area contributed by atoms with Gasteiger partial charge in [-0.1, -0.05) is 114 Å². The third-order valence-corrected chi connectivity index (χ3v) is 7.59. The van der Waals surface area contributed by atoms with Gasteiger partial charge in [-0.25, -0.2) is 0 Å². The van der Waals surface area contributed by atoms with Gasteiger partial charge >= 0.3 is 0 Å². The molecule has 0 amide bonds. The van der Waals surface area contributed by atoms with Gasteiger partial charge in [0.1, 0.15) is 5.75 Å². The first-order valence-corrected chi connectivity index (χ1v) is 12.7. The molecule has 168 valence electrons. The zero-order valence-electron chi connectivity index (χ0n) is 19.3. The van der Waals surface area contributed by atoms with Gasteiger partial charge in [0.05, 0.1) is 12.7 Å². The van der Waals surface area contributed by atoms with Crippen LogP contribution in [0, 0.1) is 17.8 Å². The molecular formula is C29H40O2. The molecule has 2 nitrogen and oxygen atoms in total. The first kappa shape index (κ1) is 22.4. The minimum atomic E-state index is -0.408. The lowest BCUT2D eigenvalue weighted by Gasteiger charge is -2.33. The van der Waals surface area contributed by atoms with Crippen molar-refractivity contribution in [2.24, 2.45) is 17.8 Å². The Morgan fingerprint density at radius 1 is 0.806 bits per heavy atom. The van der Waals surface area contributed by atoms with Crippen molar-refractivity contribution in [1.82, 2.24) is 0 Å². The van der Waals surface area contributed by atoms with E-state index in [0.29, 0.717) is 6.61 Å². The van der Waals surface area contributed by atoms with Crippen molar-refractivity contribution in [1.29, 1.82) is 0 Å². The Labute approximate surface area is 189 Å². The van der Waals surface area contributed by atoms with Crippen LogP contribution in [0.15, 0.2) is 48.5 Å². The van der Waals surface area contributed by atoms with E-state index in [9.17, 15) is 5.11 Å². The lowest BCUT2D eigenvalue weighted by Crippen LogP contribution is -2.28. The van der Waals surface area contributed by atoms with Crippen molar-refractivity contribution >= 4 is 0 Å². The second-order valence-electron chi connectivity index (χ2n) is 10.1. The van der Waals surface area contributed by atoms with Crippen molar-refractivity contribution in [2.75, 3.05) is 6.61 Å². The highest BCUT2D eigenvalue weighted by Gasteiger charge is 2.31. The Kier molecular flexibility index (Phi) is 8.08. The number of aliphatic hydroxyl groups excluding tert-OH is 1. The van der Waals surface area contributed by atoms with E-state index in [2.05, 4.69) is 49.4 Å². The zero-order chi connectivity index (χ0) is 21.5. The van der Waals surface area contributed by atoms with E-state index < -0.39 is 6.10 Å². The smallest absolute Gasteiger partial charge is 0.125 e. The predicted octanol–water partition coefficient (Wildman–Crippen LogP) is 7.95. The quantitative estimate of drug-likeness (QED) is 0.546. The molecule has 0 spiro atoms. The number of hydrogen-bond acceptors (Lipinski definition) is 2. The molecule has 31 heavy (non-hydrogen) atoms. The molecule has 4 atom stereocenters. The number of benzene rings is 2. The molecule has 2 aliphatic rings. The van der Waals surface area contributed by atoms with E-state index in [1.807, 2.05) is 6.07 Å². The van der Waals surface area contributed by atoms with Gasteiger partial charge in [0.25, 0.3) is 0 Å². The highest BCUT2D eigenvalue weighted by atomic mass is 16.5. The molecule has 0 radical (unpaired) electrons. The van der Waals surface area contributed by atoms with Crippen molar-refractivity contribution in [2.45, 2.75) is 83.7 Å². The molecule has 0 bridgehead atoms. The molecule has 4 unspecified atom stereocenters. The Balaban J connectivity index is 1.40. The maximum Gasteiger partial charge on any atom is 0.125 e. The van der Waals surface area contributed by atoms with Crippen LogP contribution in [0.4, 0.5) is 0 Å². The summed E-state index contributed by atoms with van der Waals surface area (Å²) in [5.74, 6) is 2.66. The fourth-order valence-electron chi connectivity index (χ4n) is 5.62. The largest absolute Gasteiger partial charge is 0.493 e. The van der Waals surface area contributed by atoms with Gasteiger partial charge in [-0.3, -0.25) is 0 Å². The third kappa shape index (κ3) is 6.13. The summed E-state index contributed by atoms with van der Waals surface area (Å²) in [7, 11) is 0. The number of rotatable bonds is 3. The monoisotopic (exact) mass is 420 g/mol. The van der Waals surface area contributed by atoms with Crippen molar-refractivity contribution in [3.63, 3.8) is 0 Å². The van der Waals surface area contributed by atoms with Crippen LogP contribution in [0.5, 0.6) is 5.75 Å². The molecule has 1 N–H and O–H groups in total. The van der Waals surface area contributed by atoms with Crippen molar-refractivity contribution in [3.05, 3.63) is 54.1 Å². The normalized spacial score (nSPS) is 27.9. The molecule has 0 aromatic heterocycles. The van der Waals surface area contributed by atoms with Crippen molar-refractivity contribution in [3.8, 4) is 16.9 Å². The molecule has 1 heterocycles. The fraction of sp³-hybridized carbons (Fsp3) is 0.586. The van der Waals surface area contributed by atoms with Gasteiger partial charge in [0.2, 0.25) is 0 Å². The number of aliphatic hydroxyl groups is 1. The summed E-state index contributed by atoms with van der Waals surface area (Å²) in [6.07, 6.45) is 14.4. The Bertz CT molecular complexity index is 800. The highest BCUT2D eigenvalue weighted by Crippen LogP contribution is 2.41. The van der Waals surface area contributed by atoms with Gasteiger partial charge in [-0.15, -0.1) is 0 Å². The van der Waals surface area contributed by atoms with Crippen molar-refractivity contribution < 1.29 is 9.84 Å². The average molecular weight is 421 g/mol. The van der Waals surface area contributed by atoms with Crippen LogP contribution in [0.3, 0.4) is 0 Å². The van der Waals surface area contributed by atoms with Crippen LogP contribution in [0.2, 0.25) is 0 Å². The summed E-state index contributed by atoms with van der Waals surface area (Å²) >= 11 is 0. The number of fused-ring (bicyclic) bond motifs is 1. The lowest BCUT2D eigenvalue weighted by atomic mass is 9.80. The zero-order valence-corrected chi connectivity index (χ0v) is 19.3. The topological polar surface area (TPSA) is 29.5 Å². The maximum atomic E-state index is 11.2. The van der Waals surface area contributed by atoms with Gasteiger partial charge in [-0.2, -0.15) is 0 Å². The summed E-state index contributed by atoms with van der Waals surface area (Å²) in [6, 6.07) is 16.7. The minimum Gasteiger partial charge on any atom is -0.493 e. The Hall–Kier alpha value is -1.80. The van der Waals surface area contributed by atoms with E-state index in [1.54, 1.807) is 0 Å². The molecule has 0 saturated heterocycles. The Morgan fingerprint density at radius 3 is 2.35 bits per heavy atom. The van der Waals surface area contributed by atoms with Crippen LogP contribution in [0.1, 0.15) is 89.2 Å². The van der Waals surface area contributed by atoms with E-state index in [1.165, 1.54) is 69.8 Å². The summed E-state index contributed by atoms with van der Waals surface area (Å²) in [6.45, 7) is 3.07. The van der Waals surface area contributed by atoms with E-state index >= 15 is 0 Å². The first-order valence-electron chi connectivity index (χ1n) is 12.7. The van der Waals surface area contributed by atoms with Crippen LogP contribution < -0.4 is 4.74 Å². The van der Waals surface area contributed by atoms with Crippen LogP contribution in [0.25, 0.3) is 11.1 Å². The summed E-state index contributed by atoms with van der Waals surface area (Å²) < 4.78 is 6.20. The molecule has 1 saturated carbocycles. The van der Waals surface area contributed by atoms with E-state index in [-0.39, 0.29) is 5.92 Å². The predicted molar refractivity (Wildman–Crippen MR) is 129 cm³/mol. The number of ether oxygens (including phenoxy) is 1. The number of hydrogen-bond donors (Lipinski definition) is 1. The fourth-order valence-corrected chi connectivity index (χ4v) is 5.62. The standard InChI is InChI=1S/C29H40O2/c1-22-11-6-3-2-4-7-13-23(14-10-12-22)19-26-21-31-28-20-25(17-18-27(28)29(26)30)24-15-8-5-9-16-24/h5,8-9,15-18,20,22-23,26,29-30H,2-4,6-7,10-14,19,21H2,1H3. The second kappa shape index (κ2) is 11.2. The summed E-state index contributed by atoms with van der Waals surface area (Å²) in [5.41, 5.74) is 3.31. The minimum absolute atomic E-state index is 0.213. The molecule has 2 aromatic carbocycles. The van der Waals surface area contributed by atoms with Crippen LogP contribution >= 0.6 is 0 Å². The average Bonchev–Trinajstić information content (AvgIpc) is 2.79. The van der Waals surface area contributed by atoms with Crippen LogP contribution in [-0.4, -0.2) is 11.7 Å². The molecule has 1 aliphatic heterocycles. The molecule has 2 aromatic rings. The highest BCUT2D eigenvalue weighted by molar-refractivity contribution is 5.66. The van der Waals surface area contributed by atoms with Gasteiger partial charge < -0.3 is 9.84 Å². The summed E-state index contributed by atoms with van der Waals surface area (Å²) in [5, 5.41) is 11.2. The van der Waals surface area contributed by atoms with Gasteiger partial charge in [-0.05, 0) is 35.4 Å². The molecule has 1 aliphatic carbocycles. The lowest BCUT2D eigenvalue weighted by molar-refractivity contribution is 0.0349. The van der Waals surface area contributed by atoms with E-state index in [4.69, 9.17) is 4.74 Å². The second-order valence-corrected chi connectivity index (χ2v) is 10.1. The SMILES string of the molecule is CC1CCCCCCCC(CC2COc3cc(-c4ccccc4)ccc3C2O)CCC1. The summed E-state index contributed by atoms with van der Waals surface area (Å²) in [4.78, 5) is 0. The third-order valence-electron chi connectivity index (χ3n) is 7.59. The Morgan fingerprint density at radius 2 is 1.52 bits per heavy atom. The molecular weight excluding hydrogens is 380 g/mol. The van der Waals surface area contributed by atoms with Gasteiger partial charge in [0.15, 0.2) is 0 Å². The van der Waals surface area contributed by atoms with E-state index in [0.717, 1.165) is 35.1 Å². The van der Waals surface area contributed by atoms with Gasteiger partial charge in [0, 0.05) is 11.5 Å². The van der Waals surface area contributed by atoms with Crippen LogP contribution in [-0.2, 0) is 0 Å². The molecule has 4 rings (SSSR count). The first-order chi connectivity index (χ1) is 15.2. The molecule has 1 fully saturated rings. The maximum absolute atomic E-state index is 11.2.